The summed E-state index contributed by atoms with van der Waals surface area (Å²) in [5.41, 5.74) is 3.58. The number of likely N-dealkylation sites (tertiary alicyclic amines) is 1. The summed E-state index contributed by atoms with van der Waals surface area (Å²) in [7, 11) is 3.85. The Morgan fingerprint density at radius 1 is 1.22 bits per heavy atom. The molecular weight excluding hydrogens is 342 g/mol. The Kier molecular flexibility index (Phi) is 4.61. The van der Waals surface area contributed by atoms with Crippen LogP contribution in [-0.4, -0.2) is 46.6 Å². The van der Waals surface area contributed by atoms with E-state index in [0.29, 0.717) is 11.7 Å². The van der Waals surface area contributed by atoms with Crippen LogP contribution in [0.5, 0.6) is 0 Å². The van der Waals surface area contributed by atoms with Crippen LogP contribution in [0.4, 0.5) is 5.95 Å². The predicted molar refractivity (Wildman–Crippen MR) is 102 cm³/mol. The van der Waals surface area contributed by atoms with E-state index < -0.39 is 0 Å². The van der Waals surface area contributed by atoms with Crippen molar-refractivity contribution >= 4 is 11.9 Å². The van der Waals surface area contributed by atoms with Crippen molar-refractivity contribution in [2.24, 2.45) is 5.92 Å². The second-order valence-corrected chi connectivity index (χ2v) is 7.90. The minimum Gasteiger partial charge on any atom is -0.356 e. The minimum absolute atomic E-state index is 0.0339. The number of aromatic nitrogens is 3. The first-order chi connectivity index (χ1) is 13.0. The van der Waals surface area contributed by atoms with Gasteiger partial charge in [-0.2, -0.15) is 0 Å². The van der Waals surface area contributed by atoms with Gasteiger partial charge in [0.2, 0.25) is 11.9 Å². The third kappa shape index (κ3) is 3.31. The van der Waals surface area contributed by atoms with Gasteiger partial charge in [0.15, 0.2) is 5.76 Å². The van der Waals surface area contributed by atoms with Gasteiger partial charge in [0.1, 0.15) is 0 Å². The van der Waals surface area contributed by atoms with Gasteiger partial charge in [0, 0.05) is 38.3 Å². The summed E-state index contributed by atoms with van der Waals surface area (Å²) in [6.45, 7) is 4.73. The van der Waals surface area contributed by atoms with Crippen molar-refractivity contribution in [3.63, 3.8) is 0 Å². The lowest BCUT2D eigenvalue weighted by atomic mass is 9.94. The average molecular weight is 369 g/mol. The van der Waals surface area contributed by atoms with E-state index in [0.717, 1.165) is 61.2 Å². The van der Waals surface area contributed by atoms with Crippen LogP contribution >= 0.6 is 0 Å². The Hall–Kier alpha value is -2.44. The summed E-state index contributed by atoms with van der Waals surface area (Å²) >= 11 is 0. The Bertz CT molecular complexity index is 856. The fraction of sp³-hybridized carbons (Fsp3) is 0.600. The third-order valence-electron chi connectivity index (χ3n) is 5.64. The summed E-state index contributed by atoms with van der Waals surface area (Å²) in [6.07, 6.45) is 6.91. The van der Waals surface area contributed by atoms with Gasteiger partial charge < -0.3 is 14.3 Å². The molecule has 2 aromatic heterocycles. The molecule has 1 atom stereocenters. The van der Waals surface area contributed by atoms with Gasteiger partial charge in [-0.05, 0) is 46.0 Å². The minimum atomic E-state index is -0.0339. The summed E-state index contributed by atoms with van der Waals surface area (Å²) in [5, 5.41) is 4.11. The molecule has 2 fully saturated rings. The number of piperidine rings is 1. The number of anilines is 1. The lowest BCUT2D eigenvalue weighted by molar-refractivity contribution is -0.136. The Morgan fingerprint density at radius 2 is 2.00 bits per heavy atom. The van der Waals surface area contributed by atoms with Crippen LogP contribution in [0.3, 0.4) is 0 Å². The molecule has 1 saturated heterocycles. The topological polar surface area (TPSA) is 75.4 Å². The summed E-state index contributed by atoms with van der Waals surface area (Å²) < 4.78 is 5.62. The molecule has 144 valence electrons. The number of carbonyl (C=O) groups is 1. The number of nitrogens with zero attached hydrogens (tertiary/aromatic N) is 5. The molecule has 0 bridgehead atoms. The first-order valence-corrected chi connectivity index (χ1v) is 9.75. The first kappa shape index (κ1) is 17.9. The quantitative estimate of drug-likeness (QED) is 0.823. The van der Waals surface area contributed by atoms with Crippen molar-refractivity contribution in [1.82, 2.24) is 20.0 Å². The standard InChI is InChI=1S/C20H27N5O2/c1-12-13(2)23-27-18(12)15-11-21-20(24(3)4)22-17(15)16-7-5-6-10-25(16)19(26)14-8-9-14/h11,14,16H,5-10H2,1-4H3/t16-/m0/s1. The molecule has 4 rings (SSSR count). The van der Waals surface area contributed by atoms with E-state index in [4.69, 9.17) is 9.51 Å². The first-order valence-electron chi connectivity index (χ1n) is 9.75. The highest BCUT2D eigenvalue weighted by Gasteiger charge is 2.39. The monoisotopic (exact) mass is 369 g/mol. The average Bonchev–Trinajstić information content (AvgIpc) is 3.47. The van der Waals surface area contributed by atoms with Crippen molar-refractivity contribution in [3.8, 4) is 11.3 Å². The second kappa shape index (κ2) is 6.94. The molecular formula is C20H27N5O2. The van der Waals surface area contributed by atoms with E-state index in [2.05, 4.69) is 10.1 Å². The number of hydrogen-bond acceptors (Lipinski definition) is 6. The number of carbonyl (C=O) groups excluding carboxylic acids is 1. The number of aryl methyl sites for hydroxylation is 1. The Labute approximate surface area is 159 Å². The SMILES string of the molecule is Cc1noc(-c2cnc(N(C)C)nc2[C@@H]2CCCCN2C(=O)C2CC2)c1C. The molecule has 27 heavy (non-hydrogen) atoms. The van der Waals surface area contributed by atoms with E-state index in [9.17, 15) is 4.79 Å². The highest BCUT2D eigenvalue weighted by molar-refractivity contribution is 5.82. The van der Waals surface area contributed by atoms with Crippen LogP contribution in [0, 0.1) is 19.8 Å². The fourth-order valence-electron chi connectivity index (χ4n) is 3.74. The predicted octanol–water partition coefficient (Wildman–Crippen LogP) is 3.28. The molecule has 0 unspecified atom stereocenters. The third-order valence-corrected chi connectivity index (χ3v) is 5.64. The summed E-state index contributed by atoms with van der Waals surface area (Å²) in [4.78, 5) is 26.2. The van der Waals surface area contributed by atoms with Crippen molar-refractivity contribution < 1.29 is 9.32 Å². The number of hydrogen-bond donors (Lipinski definition) is 0. The molecule has 7 nitrogen and oxygen atoms in total. The van der Waals surface area contributed by atoms with Crippen LogP contribution in [0.1, 0.15) is 55.1 Å². The molecule has 0 N–H and O–H groups in total. The smallest absolute Gasteiger partial charge is 0.226 e. The molecule has 2 aliphatic rings. The van der Waals surface area contributed by atoms with Crippen molar-refractivity contribution in [3.05, 3.63) is 23.1 Å². The van der Waals surface area contributed by atoms with E-state index in [-0.39, 0.29) is 17.9 Å². The van der Waals surface area contributed by atoms with Crippen molar-refractivity contribution in [1.29, 1.82) is 0 Å². The molecule has 1 saturated carbocycles. The molecule has 7 heteroatoms. The molecule has 1 amide bonds. The maximum Gasteiger partial charge on any atom is 0.226 e. The zero-order chi connectivity index (χ0) is 19.1. The lowest BCUT2D eigenvalue weighted by Gasteiger charge is -2.36. The Balaban J connectivity index is 1.81. The van der Waals surface area contributed by atoms with Gasteiger partial charge in [-0.15, -0.1) is 0 Å². The van der Waals surface area contributed by atoms with Gasteiger partial charge in [0.05, 0.1) is 23.0 Å². The van der Waals surface area contributed by atoms with E-state index in [1.807, 2.05) is 43.9 Å². The highest BCUT2D eigenvalue weighted by atomic mass is 16.5. The fourth-order valence-corrected chi connectivity index (χ4v) is 3.74. The molecule has 0 aromatic carbocycles. The highest BCUT2D eigenvalue weighted by Crippen LogP contribution is 2.41. The maximum absolute atomic E-state index is 12.9. The van der Waals surface area contributed by atoms with E-state index in [1.165, 1.54) is 0 Å². The van der Waals surface area contributed by atoms with Crippen LogP contribution in [0.15, 0.2) is 10.7 Å². The maximum atomic E-state index is 12.9. The van der Waals surface area contributed by atoms with Gasteiger partial charge in [-0.3, -0.25) is 4.79 Å². The largest absolute Gasteiger partial charge is 0.356 e. The second-order valence-electron chi connectivity index (χ2n) is 7.90. The van der Waals surface area contributed by atoms with Crippen molar-refractivity contribution in [2.45, 2.75) is 52.0 Å². The Morgan fingerprint density at radius 3 is 2.63 bits per heavy atom. The van der Waals surface area contributed by atoms with Gasteiger partial charge >= 0.3 is 0 Å². The van der Waals surface area contributed by atoms with Crippen molar-refractivity contribution in [2.75, 3.05) is 25.5 Å². The summed E-state index contributed by atoms with van der Waals surface area (Å²) in [6, 6.07) is -0.0339. The summed E-state index contributed by atoms with van der Waals surface area (Å²) in [5.74, 6) is 1.84. The number of rotatable bonds is 4. The van der Waals surface area contributed by atoms with E-state index >= 15 is 0 Å². The zero-order valence-corrected chi connectivity index (χ0v) is 16.5. The van der Waals surface area contributed by atoms with Crippen LogP contribution in [-0.2, 0) is 4.79 Å². The molecule has 1 aliphatic heterocycles. The molecule has 0 radical (unpaired) electrons. The molecule has 0 spiro atoms. The molecule has 3 heterocycles. The van der Waals surface area contributed by atoms with Gasteiger partial charge in [-0.25, -0.2) is 9.97 Å². The van der Waals surface area contributed by atoms with Crippen LogP contribution in [0.2, 0.25) is 0 Å². The molecule has 2 aromatic rings. The zero-order valence-electron chi connectivity index (χ0n) is 16.5. The lowest BCUT2D eigenvalue weighted by Crippen LogP contribution is -2.40. The molecule has 1 aliphatic carbocycles. The van der Waals surface area contributed by atoms with Gasteiger partial charge in [0.25, 0.3) is 0 Å². The van der Waals surface area contributed by atoms with Crippen LogP contribution in [0.25, 0.3) is 11.3 Å². The number of amides is 1. The van der Waals surface area contributed by atoms with E-state index in [1.54, 1.807) is 0 Å². The normalized spacial score (nSPS) is 20.0. The van der Waals surface area contributed by atoms with Crippen LogP contribution < -0.4 is 4.90 Å². The van der Waals surface area contributed by atoms with Gasteiger partial charge in [-0.1, -0.05) is 5.16 Å².